The molecule has 2 atom stereocenters. The van der Waals surface area contributed by atoms with Crippen LogP contribution in [0.4, 0.5) is 0 Å². The summed E-state index contributed by atoms with van der Waals surface area (Å²) in [5, 5.41) is 9.77. The molecule has 2 unspecified atom stereocenters. The summed E-state index contributed by atoms with van der Waals surface area (Å²) in [7, 11) is 2.07. The number of hydrogen-bond donors (Lipinski definition) is 1. The van der Waals surface area contributed by atoms with Crippen LogP contribution in [0.25, 0.3) is 0 Å². The summed E-state index contributed by atoms with van der Waals surface area (Å²) in [5.41, 5.74) is 0. The Morgan fingerprint density at radius 3 is 3.00 bits per heavy atom. The maximum Gasteiger partial charge on any atom is 0.0960 e. The first kappa shape index (κ1) is 11.0. The zero-order valence-electron chi connectivity index (χ0n) is 8.70. The number of unbranched alkanes of at least 4 members (excludes halogenated alkanes) is 1. The minimum absolute atomic E-state index is 0.0327. The Labute approximate surface area is 80.7 Å². The first-order valence-electron chi connectivity index (χ1n) is 5.22. The Morgan fingerprint density at radius 2 is 2.38 bits per heavy atom. The maximum atomic E-state index is 9.77. The molecule has 0 bridgehead atoms. The summed E-state index contributed by atoms with van der Waals surface area (Å²) in [6, 6.07) is 0. The summed E-state index contributed by atoms with van der Waals surface area (Å²) < 4.78 is 5.52. The van der Waals surface area contributed by atoms with E-state index in [9.17, 15) is 5.11 Å². The highest BCUT2D eigenvalue weighted by Crippen LogP contribution is 2.12. The molecule has 3 nitrogen and oxygen atoms in total. The predicted molar refractivity (Wildman–Crippen MR) is 52.8 cm³/mol. The van der Waals surface area contributed by atoms with Crippen LogP contribution in [0.2, 0.25) is 0 Å². The average molecular weight is 187 g/mol. The Bertz CT molecular complexity index is 141. The van der Waals surface area contributed by atoms with Crippen LogP contribution in [0.3, 0.4) is 0 Å². The molecule has 1 aliphatic rings. The van der Waals surface area contributed by atoms with E-state index in [1.54, 1.807) is 0 Å². The number of morpholine rings is 1. The molecule has 13 heavy (non-hydrogen) atoms. The van der Waals surface area contributed by atoms with Crippen molar-refractivity contribution in [3.05, 3.63) is 0 Å². The van der Waals surface area contributed by atoms with Crippen molar-refractivity contribution < 1.29 is 9.84 Å². The minimum atomic E-state index is -0.275. The maximum absolute atomic E-state index is 9.77. The number of likely N-dealkylation sites (N-methyl/N-ethyl adjacent to an activating group) is 1. The molecule has 0 spiro atoms. The van der Waals surface area contributed by atoms with E-state index < -0.39 is 0 Å². The van der Waals surface area contributed by atoms with Crippen molar-refractivity contribution in [3.63, 3.8) is 0 Å². The third kappa shape index (κ3) is 3.63. The van der Waals surface area contributed by atoms with Crippen molar-refractivity contribution >= 4 is 0 Å². The normalized spacial score (nSPS) is 27.5. The van der Waals surface area contributed by atoms with Gasteiger partial charge in [-0.1, -0.05) is 19.8 Å². The topological polar surface area (TPSA) is 32.7 Å². The molecule has 1 heterocycles. The summed E-state index contributed by atoms with van der Waals surface area (Å²) in [6.07, 6.45) is 2.85. The van der Waals surface area contributed by atoms with Gasteiger partial charge in [0.15, 0.2) is 0 Å². The van der Waals surface area contributed by atoms with Gasteiger partial charge in [-0.3, -0.25) is 0 Å². The molecule has 1 N–H and O–H groups in total. The van der Waals surface area contributed by atoms with E-state index in [1.807, 2.05) is 0 Å². The zero-order valence-corrected chi connectivity index (χ0v) is 8.70. The van der Waals surface area contributed by atoms with Crippen LogP contribution in [-0.2, 0) is 4.74 Å². The standard InChI is InChI=1S/C10H21NO2/c1-3-4-5-9(12)10-8-11(2)6-7-13-10/h9-10,12H,3-8H2,1-2H3. The Kier molecular flexibility index (Phi) is 4.70. The molecule has 1 rings (SSSR count). The highest BCUT2D eigenvalue weighted by atomic mass is 16.5. The van der Waals surface area contributed by atoms with Crippen LogP contribution in [0.15, 0.2) is 0 Å². The summed E-state index contributed by atoms with van der Waals surface area (Å²) in [5.74, 6) is 0. The fraction of sp³-hybridized carbons (Fsp3) is 1.00. The lowest BCUT2D eigenvalue weighted by atomic mass is 10.1. The predicted octanol–water partition coefficient (Wildman–Crippen LogP) is 0.868. The molecule has 3 heteroatoms. The van der Waals surface area contributed by atoms with Crippen molar-refractivity contribution in [2.75, 3.05) is 26.7 Å². The van der Waals surface area contributed by atoms with Gasteiger partial charge in [-0.15, -0.1) is 0 Å². The minimum Gasteiger partial charge on any atom is -0.390 e. The quantitative estimate of drug-likeness (QED) is 0.709. The summed E-state index contributed by atoms with van der Waals surface area (Å²) >= 11 is 0. The first-order valence-corrected chi connectivity index (χ1v) is 5.22. The molecule has 0 aromatic carbocycles. The lowest BCUT2D eigenvalue weighted by Gasteiger charge is -2.32. The molecule has 0 aromatic heterocycles. The van der Waals surface area contributed by atoms with E-state index >= 15 is 0 Å². The number of aliphatic hydroxyl groups excluding tert-OH is 1. The Hall–Kier alpha value is -0.120. The van der Waals surface area contributed by atoms with Crippen LogP contribution in [0, 0.1) is 0 Å². The van der Waals surface area contributed by atoms with Gasteiger partial charge in [0, 0.05) is 13.1 Å². The number of rotatable bonds is 4. The number of hydrogen-bond acceptors (Lipinski definition) is 3. The smallest absolute Gasteiger partial charge is 0.0960 e. The van der Waals surface area contributed by atoms with Crippen molar-refractivity contribution in [2.45, 2.75) is 38.4 Å². The fourth-order valence-electron chi connectivity index (χ4n) is 1.64. The highest BCUT2D eigenvalue weighted by Gasteiger charge is 2.24. The Balaban J connectivity index is 2.24. The van der Waals surface area contributed by atoms with Crippen LogP contribution in [0.5, 0.6) is 0 Å². The van der Waals surface area contributed by atoms with Gasteiger partial charge in [0.1, 0.15) is 0 Å². The van der Waals surface area contributed by atoms with E-state index in [1.165, 1.54) is 0 Å². The average Bonchev–Trinajstić information content (AvgIpc) is 2.14. The Morgan fingerprint density at radius 1 is 1.62 bits per heavy atom. The van der Waals surface area contributed by atoms with Crippen LogP contribution in [0.1, 0.15) is 26.2 Å². The monoisotopic (exact) mass is 187 g/mol. The second kappa shape index (κ2) is 5.58. The number of aliphatic hydroxyl groups is 1. The van der Waals surface area contributed by atoms with Gasteiger partial charge in [0.25, 0.3) is 0 Å². The van der Waals surface area contributed by atoms with Crippen LogP contribution < -0.4 is 0 Å². The fourth-order valence-corrected chi connectivity index (χ4v) is 1.64. The zero-order chi connectivity index (χ0) is 9.68. The van der Waals surface area contributed by atoms with Crippen molar-refractivity contribution in [3.8, 4) is 0 Å². The van der Waals surface area contributed by atoms with Gasteiger partial charge < -0.3 is 14.7 Å². The number of ether oxygens (including phenoxy) is 1. The van der Waals surface area contributed by atoms with E-state index in [-0.39, 0.29) is 12.2 Å². The molecule has 1 aliphatic heterocycles. The summed E-state index contributed by atoms with van der Waals surface area (Å²) in [4.78, 5) is 2.21. The molecule has 0 saturated carbocycles. The second-order valence-corrected chi connectivity index (χ2v) is 3.88. The summed E-state index contributed by atoms with van der Waals surface area (Å²) in [6.45, 7) is 4.74. The van der Waals surface area contributed by atoms with Gasteiger partial charge in [0.2, 0.25) is 0 Å². The molecule has 0 aromatic rings. The lowest BCUT2D eigenvalue weighted by Crippen LogP contribution is -2.45. The number of nitrogens with zero attached hydrogens (tertiary/aromatic N) is 1. The van der Waals surface area contributed by atoms with Crippen molar-refractivity contribution in [1.82, 2.24) is 4.90 Å². The molecule has 0 aliphatic carbocycles. The van der Waals surface area contributed by atoms with Gasteiger partial charge in [-0.25, -0.2) is 0 Å². The van der Waals surface area contributed by atoms with E-state index in [4.69, 9.17) is 4.74 Å². The molecule has 0 radical (unpaired) electrons. The van der Waals surface area contributed by atoms with Gasteiger partial charge in [-0.2, -0.15) is 0 Å². The van der Waals surface area contributed by atoms with E-state index in [0.29, 0.717) is 0 Å². The van der Waals surface area contributed by atoms with Gasteiger partial charge in [0.05, 0.1) is 18.8 Å². The molecular formula is C10H21NO2. The second-order valence-electron chi connectivity index (χ2n) is 3.88. The first-order chi connectivity index (χ1) is 6.24. The van der Waals surface area contributed by atoms with Crippen molar-refractivity contribution in [1.29, 1.82) is 0 Å². The van der Waals surface area contributed by atoms with Gasteiger partial charge >= 0.3 is 0 Å². The van der Waals surface area contributed by atoms with E-state index in [2.05, 4.69) is 18.9 Å². The molecule has 1 saturated heterocycles. The molecule has 0 amide bonds. The third-order valence-corrected chi connectivity index (χ3v) is 2.58. The largest absolute Gasteiger partial charge is 0.390 e. The van der Waals surface area contributed by atoms with Gasteiger partial charge in [-0.05, 0) is 13.5 Å². The lowest BCUT2D eigenvalue weighted by molar-refractivity contribution is -0.0853. The highest BCUT2D eigenvalue weighted by molar-refractivity contribution is 4.75. The SMILES string of the molecule is CCCCC(O)C1CN(C)CCO1. The molecule has 1 fully saturated rings. The third-order valence-electron chi connectivity index (χ3n) is 2.58. The van der Waals surface area contributed by atoms with Crippen LogP contribution in [-0.4, -0.2) is 49.0 Å². The van der Waals surface area contributed by atoms with Crippen molar-refractivity contribution in [2.24, 2.45) is 0 Å². The van der Waals surface area contributed by atoms with Crippen LogP contribution >= 0.6 is 0 Å². The van der Waals surface area contributed by atoms with E-state index in [0.717, 1.165) is 39.0 Å². The molecule has 78 valence electrons. The molecular weight excluding hydrogens is 166 g/mol.